The van der Waals surface area contributed by atoms with Gasteiger partial charge >= 0.3 is 0 Å². The van der Waals surface area contributed by atoms with E-state index in [0.29, 0.717) is 6.04 Å². The topological polar surface area (TPSA) is 41.1 Å². The molecule has 3 nitrogen and oxygen atoms in total. The van der Waals surface area contributed by atoms with Crippen molar-refractivity contribution >= 4 is 5.91 Å². The molecule has 0 unspecified atom stereocenters. The summed E-state index contributed by atoms with van der Waals surface area (Å²) in [4.78, 5) is 11.0. The lowest BCUT2D eigenvalue weighted by atomic mass is 9.79. The van der Waals surface area contributed by atoms with Crippen molar-refractivity contribution in [3.63, 3.8) is 0 Å². The smallest absolute Gasteiger partial charge is 0.217 e. The standard InChI is InChI=1S/C11H22N2O.2C2H6/c1-8(14)12-9-6-10(2,3)13-11(4,5)7-9;2*1-2/h9,13H,6-7H2,1-5H3,(H,12,14);2*1-2H3. The summed E-state index contributed by atoms with van der Waals surface area (Å²) >= 11 is 0. The maximum Gasteiger partial charge on any atom is 0.217 e. The number of hydrogen-bond acceptors (Lipinski definition) is 2. The molecule has 0 aliphatic carbocycles. The van der Waals surface area contributed by atoms with Crippen LogP contribution in [0, 0.1) is 0 Å². The Balaban J connectivity index is 0. The molecule has 1 saturated heterocycles. The molecule has 110 valence electrons. The second-order valence-electron chi connectivity index (χ2n) is 5.70. The summed E-state index contributed by atoms with van der Waals surface area (Å²) in [6.45, 7) is 18.3. The summed E-state index contributed by atoms with van der Waals surface area (Å²) in [5.74, 6) is 0.0727. The van der Waals surface area contributed by atoms with Gasteiger partial charge in [0, 0.05) is 24.0 Å². The monoisotopic (exact) mass is 258 g/mol. The van der Waals surface area contributed by atoms with E-state index in [-0.39, 0.29) is 17.0 Å². The molecule has 3 heteroatoms. The van der Waals surface area contributed by atoms with Crippen molar-refractivity contribution in [3.8, 4) is 0 Å². The lowest BCUT2D eigenvalue weighted by Gasteiger charge is -2.46. The summed E-state index contributed by atoms with van der Waals surface area (Å²) in [7, 11) is 0. The van der Waals surface area contributed by atoms with Crippen molar-refractivity contribution in [2.45, 2.75) is 92.3 Å². The van der Waals surface area contributed by atoms with Crippen LogP contribution in [0.5, 0.6) is 0 Å². The van der Waals surface area contributed by atoms with Gasteiger partial charge in [0.1, 0.15) is 0 Å². The van der Waals surface area contributed by atoms with E-state index in [1.165, 1.54) is 0 Å². The minimum Gasteiger partial charge on any atom is -0.353 e. The number of hydrogen-bond donors (Lipinski definition) is 2. The molecular formula is C15H34N2O. The molecule has 0 atom stereocenters. The van der Waals surface area contributed by atoms with Crippen LogP contribution in [0.15, 0.2) is 0 Å². The van der Waals surface area contributed by atoms with Gasteiger partial charge in [-0.3, -0.25) is 4.79 Å². The number of rotatable bonds is 1. The zero-order valence-electron chi connectivity index (χ0n) is 13.9. The average Bonchev–Trinajstić information content (AvgIpc) is 2.17. The third kappa shape index (κ3) is 8.51. The zero-order chi connectivity index (χ0) is 15.0. The predicted octanol–water partition coefficient (Wildman–Crippen LogP) is 3.48. The van der Waals surface area contributed by atoms with Crippen molar-refractivity contribution < 1.29 is 4.79 Å². The Bertz CT molecular complexity index is 219. The van der Waals surface area contributed by atoms with Crippen LogP contribution in [-0.4, -0.2) is 23.0 Å². The SMILES string of the molecule is CC.CC.CC(=O)NC1CC(C)(C)NC(C)(C)C1. The number of amides is 1. The van der Waals surface area contributed by atoms with Crippen LogP contribution in [-0.2, 0) is 4.79 Å². The molecule has 0 bridgehead atoms. The Morgan fingerprint density at radius 1 is 1.00 bits per heavy atom. The maximum atomic E-state index is 11.0. The zero-order valence-corrected chi connectivity index (χ0v) is 13.9. The second kappa shape index (κ2) is 8.52. The quantitative estimate of drug-likeness (QED) is 0.756. The van der Waals surface area contributed by atoms with E-state index in [4.69, 9.17) is 0 Å². The fourth-order valence-electron chi connectivity index (χ4n) is 2.71. The first-order valence-electron chi connectivity index (χ1n) is 7.27. The summed E-state index contributed by atoms with van der Waals surface area (Å²) in [5, 5.41) is 6.60. The molecule has 0 aromatic carbocycles. The van der Waals surface area contributed by atoms with Gasteiger partial charge in [0.15, 0.2) is 0 Å². The summed E-state index contributed by atoms with van der Waals surface area (Å²) in [6, 6.07) is 0.304. The van der Waals surface area contributed by atoms with Crippen LogP contribution in [0.3, 0.4) is 0 Å². The van der Waals surface area contributed by atoms with Crippen LogP contribution < -0.4 is 10.6 Å². The van der Waals surface area contributed by atoms with Crippen molar-refractivity contribution in [2.75, 3.05) is 0 Å². The fraction of sp³-hybridized carbons (Fsp3) is 0.933. The van der Waals surface area contributed by atoms with E-state index in [2.05, 4.69) is 38.3 Å². The largest absolute Gasteiger partial charge is 0.353 e. The van der Waals surface area contributed by atoms with Crippen LogP contribution in [0.25, 0.3) is 0 Å². The highest BCUT2D eigenvalue weighted by Gasteiger charge is 2.37. The van der Waals surface area contributed by atoms with E-state index in [1.54, 1.807) is 6.92 Å². The van der Waals surface area contributed by atoms with Gasteiger partial charge < -0.3 is 10.6 Å². The summed E-state index contributed by atoms with van der Waals surface area (Å²) in [5.41, 5.74) is 0.212. The lowest BCUT2D eigenvalue weighted by Crippen LogP contribution is -2.62. The van der Waals surface area contributed by atoms with Crippen LogP contribution in [0.4, 0.5) is 0 Å². The van der Waals surface area contributed by atoms with E-state index in [9.17, 15) is 4.79 Å². The first kappa shape index (κ1) is 19.8. The third-order valence-electron chi connectivity index (χ3n) is 2.60. The normalized spacial score (nSPS) is 20.7. The molecule has 1 fully saturated rings. The lowest BCUT2D eigenvalue weighted by molar-refractivity contribution is -0.120. The van der Waals surface area contributed by atoms with Crippen LogP contribution in [0.1, 0.15) is 75.2 Å². The van der Waals surface area contributed by atoms with Gasteiger partial charge in [-0.1, -0.05) is 27.7 Å². The molecule has 1 aliphatic rings. The number of nitrogens with one attached hydrogen (secondary N) is 2. The van der Waals surface area contributed by atoms with Gasteiger partial charge in [0.25, 0.3) is 0 Å². The molecule has 18 heavy (non-hydrogen) atoms. The minimum atomic E-state index is 0.0727. The number of carbonyl (C=O) groups is 1. The number of carbonyl (C=O) groups excluding carboxylic acids is 1. The van der Waals surface area contributed by atoms with Crippen molar-refractivity contribution in [3.05, 3.63) is 0 Å². The maximum absolute atomic E-state index is 11.0. The predicted molar refractivity (Wildman–Crippen MR) is 80.8 cm³/mol. The van der Waals surface area contributed by atoms with Gasteiger partial charge in [-0.25, -0.2) is 0 Å². The summed E-state index contributed by atoms with van der Waals surface area (Å²) < 4.78 is 0. The van der Waals surface area contributed by atoms with Gasteiger partial charge in [-0.15, -0.1) is 0 Å². The van der Waals surface area contributed by atoms with Gasteiger partial charge in [0.05, 0.1) is 0 Å². The van der Waals surface area contributed by atoms with E-state index >= 15 is 0 Å². The van der Waals surface area contributed by atoms with E-state index in [0.717, 1.165) is 12.8 Å². The minimum absolute atomic E-state index is 0.0727. The third-order valence-corrected chi connectivity index (χ3v) is 2.60. The Morgan fingerprint density at radius 2 is 1.33 bits per heavy atom. The molecular weight excluding hydrogens is 224 g/mol. The molecule has 1 heterocycles. The summed E-state index contributed by atoms with van der Waals surface area (Å²) in [6.07, 6.45) is 1.99. The van der Waals surface area contributed by atoms with Crippen molar-refractivity contribution in [1.82, 2.24) is 10.6 Å². The molecule has 0 aromatic heterocycles. The van der Waals surface area contributed by atoms with Crippen LogP contribution >= 0.6 is 0 Å². The van der Waals surface area contributed by atoms with Crippen molar-refractivity contribution in [1.29, 1.82) is 0 Å². The Labute approximate surface area is 114 Å². The molecule has 1 aliphatic heterocycles. The highest BCUT2D eigenvalue weighted by molar-refractivity contribution is 5.73. The van der Waals surface area contributed by atoms with Gasteiger partial charge in [-0.2, -0.15) is 0 Å². The average molecular weight is 258 g/mol. The van der Waals surface area contributed by atoms with E-state index in [1.807, 2.05) is 27.7 Å². The first-order chi connectivity index (χ1) is 8.20. The van der Waals surface area contributed by atoms with Crippen LogP contribution in [0.2, 0.25) is 0 Å². The second-order valence-corrected chi connectivity index (χ2v) is 5.70. The Morgan fingerprint density at radius 3 is 1.61 bits per heavy atom. The molecule has 0 radical (unpaired) electrons. The highest BCUT2D eigenvalue weighted by atomic mass is 16.1. The molecule has 0 aromatic rings. The molecule has 1 amide bonds. The fourth-order valence-corrected chi connectivity index (χ4v) is 2.71. The molecule has 2 N–H and O–H groups in total. The molecule has 0 spiro atoms. The van der Waals surface area contributed by atoms with Gasteiger partial charge in [0.2, 0.25) is 5.91 Å². The highest BCUT2D eigenvalue weighted by Crippen LogP contribution is 2.28. The molecule has 1 rings (SSSR count). The Kier molecular flexibility index (Phi) is 9.35. The first-order valence-corrected chi connectivity index (χ1v) is 7.27. The van der Waals surface area contributed by atoms with Crippen molar-refractivity contribution in [2.24, 2.45) is 0 Å². The van der Waals surface area contributed by atoms with Gasteiger partial charge in [-0.05, 0) is 40.5 Å². The molecule has 0 saturated carbocycles. The Hall–Kier alpha value is -0.570. The van der Waals surface area contributed by atoms with E-state index < -0.39 is 0 Å². The number of piperidine rings is 1.